The zero-order chi connectivity index (χ0) is 14.0. The second-order valence-corrected chi connectivity index (χ2v) is 5.25. The molecule has 0 bridgehead atoms. The highest BCUT2D eigenvalue weighted by atomic mass is 79.9. The first-order valence-corrected chi connectivity index (χ1v) is 6.79. The topological polar surface area (TPSA) is 35.5 Å². The van der Waals surface area contributed by atoms with E-state index in [1.165, 1.54) is 6.07 Å². The molecule has 0 aliphatic carbocycles. The highest BCUT2D eigenvalue weighted by Gasteiger charge is 2.26. The number of phenols is 1. The molecule has 1 fully saturated rings. The number of aromatic hydroxyl groups is 1. The lowest BCUT2D eigenvalue weighted by atomic mass is 10.0. The number of nitrogens with zero attached hydrogens (tertiary/aromatic N) is 1. The van der Waals surface area contributed by atoms with Crippen LogP contribution >= 0.6 is 40.7 Å². The lowest BCUT2D eigenvalue weighted by molar-refractivity contribution is 0.199. The number of phenolic OH excluding ortho intramolecular Hbond substituents is 1. The van der Waals surface area contributed by atoms with Gasteiger partial charge < -0.3 is 10.4 Å². The van der Waals surface area contributed by atoms with Crippen LogP contribution in [0.2, 0.25) is 0 Å². The summed E-state index contributed by atoms with van der Waals surface area (Å²) in [5.74, 6) is -2.96. The molecule has 1 atom stereocenters. The molecule has 1 aromatic rings. The van der Waals surface area contributed by atoms with Gasteiger partial charge in [-0.15, -0.1) is 31.4 Å². The fourth-order valence-electron chi connectivity index (χ4n) is 2.26. The summed E-state index contributed by atoms with van der Waals surface area (Å²) in [4.78, 5) is 2.06. The fourth-order valence-corrected chi connectivity index (χ4v) is 2.68. The Balaban J connectivity index is 0.00000200. The van der Waals surface area contributed by atoms with Crippen molar-refractivity contribution in [3.63, 3.8) is 0 Å². The third-order valence-corrected chi connectivity index (χ3v) is 3.83. The minimum Gasteiger partial charge on any atom is -0.505 e. The van der Waals surface area contributed by atoms with E-state index in [9.17, 15) is 13.9 Å². The van der Waals surface area contributed by atoms with Gasteiger partial charge in [0.2, 0.25) is 5.82 Å². The van der Waals surface area contributed by atoms with E-state index >= 15 is 0 Å². The number of piperazine rings is 1. The number of benzene rings is 1. The van der Waals surface area contributed by atoms with Gasteiger partial charge in [0, 0.05) is 31.7 Å². The van der Waals surface area contributed by atoms with Crippen LogP contribution in [0.25, 0.3) is 0 Å². The fraction of sp³-hybridized carbons (Fsp3) is 0.385. The minimum absolute atomic E-state index is 0. The number of hydrogen-bond acceptors (Lipinski definition) is 3. The first-order valence-electron chi connectivity index (χ1n) is 6.00. The maximum absolute atomic E-state index is 13.6. The first-order chi connectivity index (χ1) is 9.06. The molecule has 2 rings (SSSR count). The summed E-state index contributed by atoms with van der Waals surface area (Å²) in [5, 5.41) is 13.0. The van der Waals surface area contributed by atoms with Gasteiger partial charge >= 0.3 is 0 Å². The predicted molar refractivity (Wildman–Crippen MR) is 87.6 cm³/mol. The zero-order valence-electron chi connectivity index (χ0n) is 11.1. The Morgan fingerprint density at radius 3 is 2.38 bits per heavy atom. The summed E-state index contributed by atoms with van der Waals surface area (Å²) in [6, 6.07) is 1.07. The highest BCUT2D eigenvalue weighted by Crippen LogP contribution is 2.36. The summed E-state index contributed by atoms with van der Waals surface area (Å²) in [7, 11) is 0. The van der Waals surface area contributed by atoms with Crippen molar-refractivity contribution in [2.45, 2.75) is 6.04 Å². The quantitative estimate of drug-likeness (QED) is 0.597. The largest absolute Gasteiger partial charge is 0.505 e. The van der Waals surface area contributed by atoms with Crippen molar-refractivity contribution >= 4 is 40.7 Å². The van der Waals surface area contributed by atoms with Crippen molar-refractivity contribution in [2.75, 3.05) is 26.2 Å². The van der Waals surface area contributed by atoms with Gasteiger partial charge in [0.05, 0.1) is 10.5 Å². The second kappa shape index (κ2) is 8.90. The van der Waals surface area contributed by atoms with Crippen LogP contribution in [0.5, 0.6) is 5.75 Å². The highest BCUT2D eigenvalue weighted by molar-refractivity contribution is 9.10. The maximum Gasteiger partial charge on any atom is 0.201 e. The van der Waals surface area contributed by atoms with Crippen LogP contribution in [-0.2, 0) is 0 Å². The Bertz CT molecular complexity index is 500. The summed E-state index contributed by atoms with van der Waals surface area (Å²) >= 11 is 2.96. The van der Waals surface area contributed by atoms with Crippen LogP contribution in [-0.4, -0.2) is 36.2 Å². The summed E-state index contributed by atoms with van der Waals surface area (Å²) in [6.07, 6.45) is 1.63. The first kappa shape index (κ1) is 20.6. The summed E-state index contributed by atoms with van der Waals surface area (Å²) < 4.78 is 26.9. The molecular weight excluding hydrogens is 389 g/mol. The maximum atomic E-state index is 13.6. The van der Waals surface area contributed by atoms with Gasteiger partial charge in [-0.2, -0.15) is 4.39 Å². The van der Waals surface area contributed by atoms with E-state index in [-0.39, 0.29) is 35.3 Å². The average molecular weight is 406 g/mol. The van der Waals surface area contributed by atoms with Crippen LogP contribution in [0.1, 0.15) is 11.6 Å². The Morgan fingerprint density at radius 2 is 1.86 bits per heavy atom. The number of rotatable bonds is 3. The molecule has 0 unspecified atom stereocenters. The molecule has 120 valence electrons. The van der Waals surface area contributed by atoms with Gasteiger partial charge in [0.15, 0.2) is 11.6 Å². The molecule has 1 saturated heterocycles. The Morgan fingerprint density at radius 1 is 1.29 bits per heavy atom. The van der Waals surface area contributed by atoms with Gasteiger partial charge in [0.1, 0.15) is 0 Å². The molecule has 8 heteroatoms. The smallest absolute Gasteiger partial charge is 0.201 e. The van der Waals surface area contributed by atoms with Crippen LogP contribution in [0, 0.1) is 11.6 Å². The van der Waals surface area contributed by atoms with Gasteiger partial charge in [-0.3, -0.25) is 4.90 Å². The SMILES string of the molecule is C=C[C@@H](c1cc(Br)c(F)c(F)c1O)N1CCNCC1.Cl.Cl. The van der Waals surface area contributed by atoms with Crippen LogP contribution in [0.15, 0.2) is 23.2 Å². The summed E-state index contributed by atoms with van der Waals surface area (Å²) in [5.41, 5.74) is 0.322. The van der Waals surface area contributed by atoms with Gasteiger partial charge in [-0.25, -0.2) is 4.39 Å². The molecule has 0 radical (unpaired) electrons. The van der Waals surface area contributed by atoms with Gasteiger partial charge in [-0.05, 0) is 22.0 Å². The van der Waals surface area contributed by atoms with E-state index in [1.54, 1.807) is 6.08 Å². The van der Waals surface area contributed by atoms with Crippen LogP contribution in [0.4, 0.5) is 8.78 Å². The van der Waals surface area contributed by atoms with Gasteiger partial charge in [-0.1, -0.05) is 6.08 Å². The van der Waals surface area contributed by atoms with Gasteiger partial charge in [0.25, 0.3) is 0 Å². The van der Waals surface area contributed by atoms with Crippen molar-refractivity contribution in [3.05, 3.63) is 40.4 Å². The van der Waals surface area contributed by atoms with Crippen molar-refractivity contribution in [3.8, 4) is 5.75 Å². The normalized spacial score (nSPS) is 16.5. The average Bonchev–Trinajstić information content (AvgIpc) is 2.44. The van der Waals surface area contributed by atoms with Crippen molar-refractivity contribution in [1.29, 1.82) is 0 Å². The van der Waals surface area contributed by atoms with Crippen molar-refractivity contribution < 1.29 is 13.9 Å². The molecule has 3 nitrogen and oxygen atoms in total. The number of hydrogen-bond donors (Lipinski definition) is 2. The van der Waals surface area contributed by atoms with E-state index in [0.29, 0.717) is 5.56 Å². The minimum atomic E-state index is -1.23. The molecule has 0 amide bonds. The molecule has 1 heterocycles. The standard InChI is InChI=1S/C13H15BrF2N2O.2ClH/c1-2-10(18-5-3-17-4-6-18)8-7-9(14)11(15)12(16)13(8)19;;/h2,7,10,17,19H,1,3-6H2;2*1H/t10-;;/m0../s1. The third-order valence-electron chi connectivity index (χ3n) is 3.25. The predicted octanol–water partition coefficient (Wildman–Crippen LogP) is 3.41. The molecule has 1 aliphatic rings. The second-order valence-electron chi connectivity index (χ2n) is 4.39. The van der Waals surface area contributed by atoms with Crippen molar-refractivity contribution in [2.24, 2.45) is 0 Å². The molecule has 0 aromatic heterocycles. The molecule has 21 heavy (non-hydrogen) atoms. The molecule has 0 spiro atoms. The molecule has 0 saturated carbocycles. The van der Waals surface area contributed by atoms with Crippen LogP contribution in [0.3, 0.4) is 0 Å². The molecule has 1 aromatic carbocycles. The Labute approximate surface area is 143 Å². The van der Waals surface area contributed by atoms with E-state index in [4.69, 9.17) is 0 Å². The van der Waals surface area contributed by atoms with E-state index in [0.717, 1.165) is 26.2 Å². The Hall–Kier alpha value is -0.400. The van der Waals surface area contributed by atoms with E-state index < -0.39 is 17.4 Å². The lowest BCUT2D eigenvalue weighted by Gasteiger charge is -2.33. The number of nitrogens with one attached hydrogen (secondary N) is 1. The zero-order valence-corrected chi connectivity index (χ0v) is 14.3. The molecular formula is C13H17BrCl2F2N2O. The third kappa shape index (κ3) is 4.29. The molecule has 2 N–H and O–H groups in total. The van der Waals surface area contributed by atoms with Crippen molar-refractivity contribution in [1.82, 2.24) is 10.2 Å². The number of halogens is 5. The van der Waals surface area contributed by atoms with E-state index in [1.807, 2.05) is 0 Å². The monoisotopic (exact) mass is 404 g/mol. The summed E-state index contributed by atoms with van der Waals surface area (Å²) in [6.45, 7) is 6.88. The van der Waals surface area contributed by atoms with E-state index in [2.05, 4.69) is 32.7 Å². The molecule has 1 aliphatic heterocycles. The Kier molecular flexibility index (Phi) is 8.73. The lowest BCUT2D eigenvalue weighted by Crippen LogP contribution is -2.44. The van der Waals surface area contributed by atoms with Crippen LogP contribution < -0.4 is 5.32 Å².